The minimum atomic E-state index is -2.79. The fraction of sp³-hybridized carbons (Fsp3) is 0.833. The van der Waals surface area contributed by atoms with E-state index in [1.165, 1.54) is 0 Å². The Hall–Kier alpha value is -0.420. The number of rotatable bonds is 7. The van der Waals surface area contributed by atoms with Crippen LogP contribution in [0.25, 0.3) is 0 Å². The van der Waals surface area contributed by atoms with Crippen LogP contribution in [-0.2, 0) is 20.3 Å². The average molecular weight is 244 g/mol. The fourth-order valence-electron chi connectivity index (χ4n) is 0.785. The second-order valence-electron chi connectivity index (χ2n) is 2.65. The Morgan fingerprint density at radius 3 is 2.13 bits per heavy atom. The van der Waals surface area contributed by atoms with Crippen molar-refractivity contribution in [2.75, 3.05) is 6.61 Å². The highest BCUT2D eigenvalue weighted by atomic mass is 32.2. The molecule has 0 bridgehead atoms. The smallest absolute Gasteiger partial charge is 0.302 e. The van der Waals surface area contributed by atoms with Crippen molar-refractivity contribution in [3.8, 4) is 0 Å². The quantitative estimate of drug-likeness (QED) is 0.232. The van der Waals surface area contributed by atoms with E-state index in [-0.39, 0.29) is 6.29 Å². The minimum Gasteiger partial charge on any atom is -0.394 e. The average Bonchev–Trinajstić information content (AvgIpc) is 2.22. The summed E-state index contributed by atoms with van der Waals surface area (Å²) in [6, 6.07) is 0. The van der Waals surface area contributed by atoms with Crippen molar-refractivity contribution < 1.29 is 38.2 Å². The van der Waals surface area contributed by atoms with Crippen LogP contribution in [0.5, 0.6) is 0 Å². The molecular weight excluding hydrogens is 232 g/mol. The second-order valence-corrected chi connectivity index (χ2v) is 3.27. The number of aliphatic hydroxyl groups is 4. The first-order valence-electron chi connectivity index (χ1n) is 3.82. The molecule has 0 aromatic carbocycles. The predicted octanol–water partition coefficient (Wildman–Crippen LogP) is -3.22. The first kappa shape index (κ1) is 14.6. The van der Waals surface area contributed by atoms with Crippen molar-refractivity contribution in [2.24, 2.45) is 0 Å². The maximum atomic E-state index is 10.3. The topological polar surface area (TPSA) is 145 Å². The van der Waals surface area contributed by atoms with E-state index in [0.717, 1.165) is 0 Å². The van der Waals surface area contributed by atoms with Crippen molar-refractivity contribution in [3.05, 3.63) is 0 Å². The Morgan fingerprint density at radius 2 is 1.80 bits per heavy atom. The SMILES string of the molecule is O=C[C@H](OS(=O)O)[C@@H](O)[C@@H](O)[C@H](O)CO. The zero-order valence-corrected chi connectivity index (χ0v) is 8.28. The van der Waals surface area contributed by atoms with Gasteiger partial charge in [-0.2, -0.15) is 4.21 Å². The first-order chi connectivity index (χ1) is 6.93. The second kappa shape index (κ2) is 6.95. The Labute approximate surface area is 87.6 Å². The number of carbonyl (C=O) groups is 1. The number of aliphatic hydroxyl groups excluding tert-OH is 4. The first-order valence-corrected chi connectivity index (χ1v) is 4.85. The summed E-state index contributed by atoms with van der Waals surface area (Å²) < 4.78 is 22.5. The molecule has 9 heteroatoms. The summed E-state index contributed by atoms with van der Waals surface area (Å²) in [5.74, 6) is 0. The van der Waals surface area contributed by atoms with Crippen LogP contribution in [0, 0.1) is 0 Å². The van der Waals surface area contributed by atoms with Gasteiger partial charge in [-0.25, -0.2) is 0 Å². The molecule has 0 saturated heterocycles. The summed E-state index contributed by atoms with van der Waals surface area (Å²) in [5.41, 5.74) is 0. The van der Waals surface area contributed by atoms with E-state index in [1.807, 2.05) is 0 Å². The number of hydrogen-bond donors (Lipinski definition) is 5. The van der Waals surface area contributed by atoms with E-state index in [4.69, 9.17) is 19.9 Å². The van der Waals surface area contributed by atoms with Crippen molar-refractivity contribution in [3.63, 3.8) is 0 Å². The van der Waals surface area contributed by atoms with E-state index >= 15 is 0 Å². The molecule has 8 nitrogen and oxygen atoms in total. The summed E-state index contributed by atoms with van der Waals surface area (Å²) in [4.78, 5) is 10.3. The lowest BCUT2D eigenvalue weighted by molar-refractivity contribution is -0.132. The molecule has 1 unspecified atom stereocenters. The summed E-state index contributed by atoms with van der Waals surface area (Å²) in [7, 11) is 0. The molecule has 15 heavy (non-hydrogen) atoms. The molecule has 0 amide bonds. The largest absolute Gasteiger partial charge is 0.394 e. The third-order valence-electron chi connectivity index (χ3n) is 1.60. The van der Waals surface area contributed by atoms with Gasteiger partial charge in [0.05, 0.1) is 6.61 Å². The molecule has 0 saturated carbocycles. The molecule has 0 aliphatic rings. The van der Waals surface area contributed by atoms with Crippen LogP contribution in [0.2, 0.25) is 0 Å². The zero-order valence-electron chi connectivity index (χ0n) is 7.46. The molecule has 0 spiro atoms. The van der Waals surface area contributed by atoms with E-state index < -0.39 is 42.4 Å². The third-order valence-corrected chi connectivity index (χ3v) is 1.98. The van der Waals surface area contributed by atoms with Crippen LogP contribution in [-0.4, -0.2) is 66.5 Å². The van der Waals surface area contributed by atoms with Gasteiger partial charge in [0.15, 0.2) is 12.4 Å². The molecule has 0 heterocycles. The third kappa shape index (κ3) is 4.75. The van der Waals surface area contributed by atoms with E-state index in [1.54, 1.807) is 0 Å². The van der Waals surface area contributed by atoms with Crippen LogP contribution < -0.4 is 0 Å². The lowest BCUT2D eigenvalue weighted by Gasteiger charge is -2.24. The summed E-state index contributed by atoms with van der Waals surface area (Å²) in [6.07, 6.45) is -7.24. The van der Waals surface area contributed by atoms with Gasteiger partial charge in [-0.05, 0) is 0 Å². The number of carbonyl (C=O) groups excluding carboxylic acids is 1. The molecular formula is C6H12O8S. The Bertz CT molecular complexity index is 221. The summed E-state index contributed by atoms with van der Waals surface area (Å²) in [6.45, 7) is -0.841. The minimum absolute atomic E-state index is 0.00784. The molecule has 5 N–H and O–H groups in total. The van der Waals surface area contributed by atoms with Crippen LogP contribution in [0.4, 0.5) is 0 Å². The Kier molecular flexibility index (Phi) is 6.76. The molecule has 0 fully saturated rings. The van der Waals surface area contributed by atoms with Gasteiger partial charge in [0.1, 0.15) is 18.3 Å². The Morgan fingerprint density at radius 1 is 1.27 bits per heavy atom. The molecule has 0 radical (unpaired) electrons. The summed E-state index contributed by atoms with van der Waals surface area (Å²) >= 11 is -2.79. The van der Waals surface area contributed by atoms with Gasteiger partial charge >= 0.3 is 11.4 Å². The van der Waals surface area contributed by atoms with Crippen molar-refractivity contribution in [1.82, 2.24) is 0 Å². The van der Waals surface area contributed by atoms with Crippen LogP contribution in [0.15, 0.2) is 0 Å². The van der Waals surface area contributed by atoms with Crippen LogP contribution in [0.3, 0.4) is 0 Å². The predicted molar refractivity (Wildman–Crippen MR) is 46.8 cm³/mol. The number of hydrogen-bond acceptors (Lipinski definition) is 7. The van der Waals surface area contributed by atoms with Gasteiger partial charge in [0, 0.05) is 0 Å². The lowest BCUT2D eigenvalue weighted by Crippen LogP contribution is -2.47. The van der Waals surface area contributed by atoms with Gasteiger partial charge in [-0.3, -0.25) is 8.74 Å². The number of aldehydes is 1. The van der Waals surface area contributed by atoms with Gasteiger partial charge in [-0.1, -0.05) is 0 Å². The molecule has 0 aliphatic heterocycles. The molecule has 0 aromatic rings. The highest BCUT2D eigenvalue weighted by molar-refractivity contribution is 7.74. The maximum Gasteiger partial charge on any atom is 0.302 e. The van der Waals surface area contributed by atoms with Crippen LogP contribution >= 0.6 is 0 Å². The molecule has 0 aromatic heterocycles. The van der Waals surface area contributed by atoms with Gasteiger partial charge < -0.3 is 25.2 Å². The molecule has 90 valence electrons. The highest BCUT2D eigenvalue weighted by Gasteiger charge is 2.32. The molecule has 5 atom stereocenters. The standard InChI is InChI=1S/C6H12O8S/c7-1-3(9)5(10)6(11)4(2-8)14-15(12)13/h2-7,9-11H,1H2,(H,12,13)/t3-,4+,5+,6-/m1/s1. The van der Waals surface area contributed by atoms with Crippen LogP contribution in [0.1, 0.15) is 0 Å². The van der Waals surface area contributed by atoms with Crippen molar-refractivity contribution in [2.45, 2.75) is 24.4 Å². The maximum absolute atomic E-state index is 10.3. The lowest BCUT2D eigenvalue weighted by atomic mass is 10.0. The van der Waals surface area contributed by atoms with Crippen molar-refractivity contribution >= 4 is 17.6 Å². The van der Waals surface area contributed by atoms with E-state index in [9.17, 15) is 14.1 Å². The Balaban J connectivity index is 4.42. The van der Waals surface area contributed by atoms with Gasteiger partial charge in [-0.15, -0.1) is 0 Å². The molecule has 0 rings (SSSR count). The van der Waals surface area contributed by atoms with E-state index in [0.29, 0.717) is 0 Å². The van der Waals surface area contributed by atoms with Crippen molar-refractivity contribution in [1.29, 1.82) is 0 Å². The monoisotopic (exact) mass is 244 g/mol. The highest BCUT2D eigenvalue weighted by Crippen LogP contribution is 2.07. The summed E-state index contributed by atoms with van der Waals surface area (Å²) in [5, 5.41) is 35.7. The zero-order chi connectivity index (χ0) is 12.0. The fourth-order valence-corrected chi connectivity index (χ4v) is 1.13. The normalized spacial score (nSPS) is 21.4. The van der Waals surface area contributed by atoms with Gasteiger partial charge in [0.25, 0.3) is 0 Å². The van der Waals surface area contributed by atoms with Gasteiger partial charge in [0.2, 0.25) is 0 Å². The van der Waals surface area contributed by atoms with E-state index in [2.05, 4.69) is 4.18 Å². The molecule has 0 aliphatic carbocycles.